The number of pyridine rings is 1. The predicted octanol–water partition coefficient (Wildman–Crippen LogP) is 1.43. The lowest BCUT2D eigenvalue weighted by Gasteiger charge is -2.23. The van der Waals surface area contributed by atoms with Crippen molar-refractivity contribution < 1.29 is 19.1 Å². The highest BCUT2D eigenvalue weighted by atomic mass is 16.6. The number of rotatable bonds is 8. The molecule has 29 heavy (non-hydrogen) atoms. The van der Waals surface area contributed by atoms with Crippen LogP contribution < -0.4 is 21.6 Å². The first-order chi connectivity index (χ1) is 13.7. The molecule has 0 aliphatic carbocycles. The van der Waals surface area contributed by atoms with E-state index in [4.69, 9.17) is 17.3 Å². The standard InChI is InChI=1S/C20H25BN4O4/c1-20(2,3)29-19(27)23-16(13-28-12-14-7-5-4-6-8-14)18(26)25-24-17-10-9-15(21)11-22-17/h4-11,16H,12-13H2,1-3H3,(H,22,24)(H,23,27)(H,25,26)/t16-/m1/s1. The zero-order valence-corrected chi connectivity index (χ0v) is 16.8. The highest BCUT2D eigenvalue weighted by Crippen LogP contribution is 2.07. The molecular weight excluding hydrogens is 371 g/mol. The first-order valence-electron chi connectivity index (χ1n) is 9.11. The van der Waals surface area contributed by atoms with Gasteiger partial charge in [0.1, 0.15) is 25.3 Å². The van der Waals surface area contributed by atoms with Gasteiger partial charge in [-0.1, -0.05) is 41.9 Å². The van der Waals surface area contributed by atoms with E-state index in [-0.39, 0.29) is 6.61 Å². The molecule has 2 rings (SSSR count). The first-order valence-corrected chi connectivity index (χ1v) is 9.11. The Morgan fingerprint density at radius 1 is 1.14 bits per heavy atom. The van der Waals surface area contributed by atoms with Crippen molar-refractivity contribution in [2.45, 2.75) is 39.0 Å². The molecule has 0 bridgehead atoms. The van der Waals surface area contributed by atoms with Crippen molar-refractivity contribution in [3.63, 3.8) is 0 Å². The number of carbonyl (C=O) groups is 2. The zero-order valence-electron chi connectivity index (χ0n) is 16.8. The highest BCUT2D eigenvalue weighted by Gasteiger charge is 2.24. The molecular formula is C20H25BN4O4. The number of nitrogens with one attached hydrogen (secondary N) is 3. The van der Waals surface area contributed by atoms with Crippen LogP contribution in [0.2, 0.25) is 0 Å². The summed E-state index contributed by atoms with van der Waals surface area (Å²) < 4.78 is 10.8. The number of hydrogen-bond donors (Lipinski definition) is 3. The Bertz CT molecular complexity index is 794. The minimum absolute atomic E-state index is 0.0448. The quantitative estimate of drug-likeness (QED) is 0.461. The Kier molecular flexibility index (Phi) is 8.03. The highest BCUT2D eigenvalue weighted by molar-refractivity contribution is 6.32. The van der Waals surface area contributed by atoms with Gasteiger partial charge in [0.15, 0.2) is 0 Å². The van der Waals surface area contributed by atoms with Gasteiger partial charge in [0.2, 0.25) is 0 Å². The molecule has 2 radical (unpaired) electrons. The van der Waals surface area contributed by atoms with Crippen molar-refractivity contribution in [2.24, 2.45) is 0 Å². The summed E-state index contributed by atoms with van der Waals surface area (Å²) in [5, 5.41) is 2.53. The van der Waals surface area contributed by atoms with E-state index < -0.39 is 23.6 Å². The van der Waals surface area contributed by atoms with Crippen LogP contribution in [0.25, 0.3) is 0 Å². The Balaban J connectivity index is 1.94. The molecule has 0 aliphatic heterocycles. The maximum absolute atomic E-state index is 12.6. The number of carbonyl (C=O) groups excluding carboxylic acids is 2. The maximum Gasteiger partial charge on any atom is 0.408 e. The van der Waals surface area contributed by atoms with Gasteiger partial charge in [-0.3, -0.25) is 15.6 Å². The lowest BCUT2D eigenvalue weighted by Crippen LogP contribution is -2.51. The average molecular weight is 396 g/mol. The van der Waals surface area contributed by atoms with Gasteiger partial charge >= 0.3 is 6.09 Å². The Labute approximate surface area is 171 Å². The Morgan fingerprint density at radius 2 is 1.86 bits per heavy atom. The molecule has 1 atom stereocenters. The summed E-state index contributed by atoms with van der Waals surface area (Å²) >= 11 is 0. The van der Waals surface area contributed by atoms with Gasteiger partial charge in [0.25, 0.3) is 5.91 Å². The molecule has 152 valence electrons. The number of ether oxygens (including phenoxy) is 2. The van der Waals surface area contributed by atoms with E-state index in [2.05, 4.69) is 21.2 Å². The molecule has 1 heterocycles. The van der Waals surface area contributed by atoms with E-state index in [1.807, 2.05) is 30.3 Å². The van der Waals surface area contributed by atoms with E-state index in [9.17, 15) is 9.59 Å². The average Bonchev–Trinajstić information content (AvgIpc) is 2.66. The van der Waals surface area contributed by atoms with Gasteiger partial charge in [-0.05, 0) is 32.4 Å². The number of benzene rings is 1. The SMILES string of the molecule is [B]c1ccc(NNC(=O)[C@@H](COCc2ccccc2)NC(=O)OC(C)(C)C)nc1. The largest absolute Gasteiger partial charge is 0.444 e. The minimum Gasteiger partial charge on any atom is -0.444 e. The minimum atomic E-state index is -0.977. The fourth-order valence-electron chi connectivity index (χ4n) is 2.19. The van der Waals surface area contributed by atoms with E-state index >= 15 is 0 Å². The van der Waals surface area contributed by atoms with E-state index in [1.54, 1.807) is 32.9 Å². The van der Waals surface area contributed by atoms with Crippen molar-refractivity contribution in [1.82, 2.24) is 15.7 Å². The topological polar surface area (TPSA) is 102 Å². The normalized spacial score (nSPS) is 12.0. The van der Waals surface area contributed by atoms with Gasteiger partial charge in [-0.15, -0.1) is 0 Å². The summed E-state index contributed by atoms with van der Waals surface area (Å²) in [7, 11) is 5.58. The molecule has 1 aromatic heterocycles. The second kappa shape index (κ2) is 10.5. The third kappa shape index (κ3) is 8.65. The number of anilines is 1. The molecule has 0 spiro atoms. The Morgan fingerprint density at radius 3 is 2.48 bits per heavy atom. The van der Waals surface area contributed by atoms with Gasteiger partial charge in [0.05, 0.1) is 13.2 Å². The van der Waals surface area contributed by atoms with Crippen LogP contribution in [0, 0.1) is 0 Å². The molecule has 9 heteroatoms. The number of nitrogens with zero attached hydrogens (tertiary/aromatic N) is 1. The maximum atomic E-state index is 12.6. The molecule has 1 aromatic carbocycles. The molecule has 0 saturated carbocycles. The van der Waals surface area contributed by atoms with Gasteiger partial charge < -0.3 is 14.8 Å². The first kappa shape index (κ1) is 22.2. The lowest BCUT2D eigenvalue weighted by molar-refractivity contribution is -0.124. The molecule has 0 fully saturated rings. The van der Waals surface area contributed by atoms with Crippen LogP contribution in [0.5, 0.6) is 0 Å². The van der Waals surface area contributed by atoms with Crippen LogP contribution in [-0.2, 0) is 20.9 Å². The predicted molar refractivity (Wildman–Crippen MR) is 111 cm³/mol. The van der Waals surface area contributed by atoms with E-state index in [1.165, 1.54) is 6.20 Å². The lowest BCUT2D eigenvalue weighted by atomic mass is 9.99. The smallest absolute Gasteiger partial charge is 0.408 e. The van der Waals surface area contributed by atoms with Crippen LogP contribution in [0.15, 0.2) is 48.7 Å². The third-order valence-corrected chi connectivity index (χ3v) is 3.50. The van der Waals surface area contributed by atoms with Crippen LogP contribution in [0.1, 0.15) is 26.3 Å². The van der Waals surface area contributed by atoms with Crippen molar-refractivity contribution >= 4 is 31.1 Å². The zero-order chi connectivity index (χ0) is 21.3. The van der Waals surface area contributed by atoms with Crippen molar-refractivity contribution in [1.29, 1.82) is 0 Å². The second-order valence-corrected chi connectivity index (χ2v) is 7.29. The summed E-state index contributed by atoms with van der Waals surface area (Å²) in [5.41, 5.74) is 5.92. The van der Waals surface area contributed by atoms with Crippen LogP contribution in [-0.4, -0.2) is 43.1 Å². The second-order valence-electron chi connectivity index (χ2n) is 7.29. The summed E-state index contributed by atoms with van der Waals surface area (Å²) in [6.45, 7) is 5.47. The molecule has 3 N–H and O–H groups in total. The van der Waals surface area contributed by atoms with E-state index in [0.29, 0.717) is 17.9 Å². The van der Waals surface area contributed by atoms with Gasteiger partial charge in [0, 0.05) is 6.20 Å². The number of hydrazine groups is 1. The van der Waals surface area contributed by atoms with Crippen LogP contribution in [0.4, 0.5) is 10.6 Å². The summed E-state index contributed by atoms with van der Waals surface area (Å²) in [6, 6.07) is 11.8. The number of alkyl carbamates (subject to hydrolysis) is 1. The molecule has 2 amide bonds. The summed E-state index contributed by atoms with van der Waals surface area (Å²) in [5.74, 6) is -0.115. The molecule has 0 aliphatic rings. The fraction of sp³-hybridized carbons (Fsp3) is 0.350. The molecule has 0 saturated heterocycles. The van der Waals surface area contributed by atoms with Crippen LogP contribution in [0.3, 0.4) is 0 Å². The third-order valence-electron chi connectivity index (χ3n) is 3.50. The number of aromatic nitrogens is 1. The van der Waals surface area contributed by atoms with Crippen molar-refractivity contribution in [2.75, 3.05) is 12.0 Å². The number of amides is 2. The van der Waals surface area contributed by atoms with Crippen LogP contribution >= 0.6 is 0 Å². The summed E-state index contributed by atoms with van der Waals surface area (Å²) in [6.07, 6.45) is 0.736. The fourth-order valence-corrected chi connectivity index (χ4v) is 2.19. The molecule has 0 unspecified atom stereocenters. The van der Waals surface area contributed by atoms with Crippen molar-refractivity contribution in [3.05, 3.63) is 54.2 Å². The molecule has 2 aromatic rings. The van der Waals surface area contributed by atoms with Gasteiger partial charge in [-0.25, -0.2) is 9.78 Å². The number of hydrogen-bond acceptors (Lipinski definition) is 6. The van der Waals surface area contributed by atoms with Gasteiger partial charge in [-0.2, -0.15) is 0 Å². The Hall–Kier alpha value is -3.07. The molecule has 8 nitrogen and oxygen atoms in total. The monoisotopic (exact) mass is 396 g/mol. The van der Waals surface area contributed by atoms with Crippen molar-refractivity contribution in [3.8, 4) is 0 Å². The summed E-state index contributed by atoms with van der Waals surface area (Å²) in [4.78, 5) is 28.7. The van der Waals surface area contributed by atoms with E-state index in [0.717, 1.165) is 5.56 Å².